The summed E-state index contributed by atoms with van der Waals surface area (Å²) in [5, 5.41) is 3.43. The molecule has 0 fully saturated rings. The van der Waals surface area contributed by atoms with E-state index in [0.29, 0.717) is 16.4 Å². The maximum atomic E-state index is 12.1. The van der Waals surface area contributed by atoms with Gasteiger partial charge in [0, 0.05) is 22.5 Å². The smallest absolute Gasteiger partial charge is 0.274 e. The maximum Gasteiger partial charge on any atom is 0.274 e. The Labute approximate surface area is 128 Å². The molecule has 1 aromatic carbocycles. The third-order valence-corrected chi connectivity index (χ3v) is 3.00. The Morgan fingerprint density at radius 1 is 1.38 bits per heavy atom. The van der Waals surface area contributed by atoms with Gasteiger partial charge in [0.1, 0.15) is 5.69 Å². The van der Waals surface area contributed by atoms with E-state index in [-0.39, 0.29) is 12.5 Å². The van der Waals surface area contributed by atoms with Crippen molar-refractivity contribution in [2.24, 2.45) is 5.73 Å². The van der Waals surface area contributed by atoms with Gasteiger partial charge in [-0.2, -0.15) is 0 Å². The average Bonchev–Trinajstić information content (AvgIpc) is 2.48. The summed E-state index contributed by atoms with van der Waals surface area (Å²) in [6.45, 7) is 2.17. The van der Waals surface area contributed by atoms with E-state index in [1.165, 1.54) is 0 Å². The lowest BCUT2D eigenvalue weighted by molar-refractivity contribution is 0.102. The molecule has 5 heteroatoms. The van der Waals surface area contributed by atoms with Crippen LogP contribution in [0.15, 0.2) is 36.5 Å². The summed E-state index contributed by atoms with van der Waals surface area (Å²) in [6.07, 6.45) is 1.55. The Morgan fingerprint density at radius 3 is 2.81 bits per heavy atom. The first kappa shape index (κ1) is 15.0. The number of nitrogens with one attached hydrogen (secondary N) is 1. The fraction of sp³-hybridized carbons (Fsp3) is 0.125. The number of anilines is 1. The summed E-state index contributed by atoms with van der Waals surface area (Å²) in [4.78, 5) is 16.2. The topological polar surface area (TPSA) is 68.0 Å². The van der Waals surface area contributed by atoms with E-state index in [0.717, 1.165) is 11.1 Å². The molecule has 0 spiro atoms. The highest BCUT2D eigenvalue weighted by atomic mass is 35.5. The second-order valence-electron chi connectivity index (χ2n) is 4.35. The van der Waals surface area contributed by atoms with Gasteiger partial charge in [0.2, 0.25) is 0 Å². The molecule has 2 aromatic rings. The van der Waals surface area contributed by atoms with E-state index in [2.05, 4.69) is 22.1 Å². The van der Waals surface area contributed by atoms with E-state index in [4.69, 9.17) is 17.3 Å². The summed E-state index contributed by atoms with van der Waals surface area (Å²) < 4.78 is 0. The van der Waals surface area contributed by atoms with E-state index < -0.39 is 0 Å². The molecule has 1 aromatic heterocycles. The van der Waals surface area contributed by atoms with Gasteiger partial charge in [-0.05, 0) is 42.8 Å². The van der Waals surface area contributed by atoms with Crippen molar-refractivity contribution in [1.82, 2.24) is 4.98 Å². The zero-order valence-corrected chi connectivity index (χ0v) is 12.2. The van der Waals surface area contributed by atoms with Crippen LogP contribution < -0.4 is 11.1 Å². The number of aromatic nitrogens is 1. The SMILES string of the molecule is Cc1cc(Cl)ccc1NC(=O)c1ccc(C#CCN)cn1. The number of carbonyl (C=O) groups excluding carboxylic acids is 1. The molecule has 0 saturated heterocycles. The number of hydrogen-bond acceptors (Lipinski definition) is 3. The number of benzene rings is 1. The third kappa shape index (κ3) is 4.06. The molecule has 0 unspecified atom stereocenters. The molecule has 0 aliphatic carbocycles. The molecule has 0 atom stereocenters. The van der Waals surface area contributed by atoms with Crippen molar-refractivity contribution in [2.45, 2.75) is 6.92 Å². The zero-order valence-electron chi connectivity index (χ0n) is 11.5. The minimum absolute atomic E-state index is 0.279. The van der Waals surface area contributed by atoms with Crippen molar-refractivity contribution in [1.29, 1.82) is 0 Å². The number of hydrogen-bond donors (Lipinski definition) is 2. The second-order valence-corrected chi connectivity index (χ2v) is 4.79. The molecule has 0 aliphatic heterocycles. The first-order chi connectivity index (χ1) is 10.1. The number of rotatable bonds is 2. The monoisotopic (exact) mass is 299 g/mol. The van der Waals surface area contributed by atoms with Gasteiger partial charge in [-0.25, -0.2) is 4.98 Å². The molecule has 4 nitrogen and oxygen atoms in total. The molecule has 0 bridgehead atoms. The second kappa shape index (κ2) is 6.89. The lowest BCUT2D eigenvalue weighted by atomic mass is 10.2. The normalized spacial score (nSPS) is 9.67. The van der Waals surface area contributed by atoms with Gasteiger partial charge in [-0.1, -0.05) is 23.4 Å². The summed E-state index contributed by atoms with van der Waals surface area (Å²) in [7, 11) is 0. The quantitative estimate of drug-likeness (QED) is 0.838. The van der Waals surface area contributed by atoms with Crippen LogP contribution in [0.2, 0.25) is 5.02 Å². The molecular weight excluding hydrogens is 286 g/mol. The number of nitrogens with zero attached hydrogens (tertiary/aromatic N) is 1. The van der Waals surface area contributed by atoms with Crippen LogP contribution in [0.25, 0.3) is 0 Å². The van der Waals surface area contributed by atoms with Crippen LogP contribution in [-0.2, 0) is 0 Å². The fourth-order valence-electron chi connectivity index (χ4n) is 1.71. The summed E-state index contributed by atoms with van der Waals surface area (Å²) in [5.41, 5.74) is 7.94. The Balaban J connectivity index is 2.13. The van der Waals surface area contributed by atoms with Crippen molar-refractivity contribution in [3.63, 3.8) is 0 Å². The van der Waals surface area contributed by atoms with Crippen LogP contribution in [0.3, 0.4) is 0 Å². The summed E-state index contributed by atoms with van der Waals surface area (Å²) >= 11 is 5.88. The van der Waals surface area contributed by atoms with E-state index >= 15 is 0 Å². The van der Waals surface area contributed by atoms with E-state index in [1.54, 1.807) is 36.5 Å². The minimum Gasteiger partial charge on any atom is -0.320 e. The number of carbonyl (C=O) groups is 1. The lowest BCUT2D eigenvalue weighted by Gasteiger charge is -2.08. The van der Waals surface area contributed by atoms with Crippen LogP contribution in [0.1, 0.15) is 21.6 Å². The van der Waals surface area contributed by atoms with Gasteiger partial charge >= 0.3 is 0 Å². The molecule has 1 amide bonds. The average molecular weight is 300 g/mol. The molecule has 0 saturated carbocycles. The molecular formula is C16H14ClN3O. The van der Waals surface area contributed by atoms with Crippen molar-refractivity contribution < 1.29 is 4.79 Å². The molecule has 0 aliphatic rings. The Kier molecular flexibility index (Phi) is 4.94. The molecule has 0 radical (unpaired) electrons. The highest BCUT2D eigenvalue weighted by molar-refractivity contribution is 6.30. The molecule has 21 heavy (non-hydrogen) atoms. The molecule has 3 N–H and O–H groups in total. The number of pyridine rings is 1. The predicted octanol–water partition coefficient (Wildman–Crippen LogP) is 2.61. The standard InChI is InChI=1S/C16H14ClN3O/c1-11-9-13(17)5-7-14(11)20-16(21)15-6-4-12(10-19-15)3-2-8-18/h4-7,9-10H,8,18H2,1H3,(H,20,21). The van der Waals surface area contributed by atoms with Gasteiger partial charge in [0.25, 0.3) is 5.91 Å². The Hall–Kier alpha value is -2.35. The van der Waals surface area contributed by atoms with E-state index in [1.807, 2.05) is 6.92 Å². The number of amides is 1. The largest absolute Gasteiger partial charge is 0.320 e. The van der Waals surface area contributed by atoms with Gasteiger partial charge in [0.05, 0.1) is 6.54 Å². The van der Waals surface area contributed by atoms with Crippen molar-refractivity contribution in [3.8, 4) is 11.8 Å². The van der Waals surface area contributed by atoms with Crippen molar-refractivity contribution in [2.75, 3.05) is 11.9 Å². The van der Waals surface area contributed by atoms with Gasteiger partial charge < -0.3 is 11.1 Å². The number of halogens is 1. The van der Waals surface area contributed by atoms with Crippen LogP contribution in [0.5, 0.6) is 0 Å². The Bertz CT molecular complexity index is 715. The van der Waals surface area contributed by atoms with E-state index in [9.17, 15) is 4.79 Å². The van der Waals surface area contributed by atoms with Crippen LogP contribution >= 0.6 is 11.6 Å². The Morgan fingerprint density at radius 2 is 2.19 bits per heavy atom. The maximum absolute atomic E-state index is 12.1. The zero-order chi connectivity index (χ0) is 15.2. The minimum atomic E-state index is -0.279. The van der Waals surface area contributed by atoms with Crippen LogP contribution in [-0.4, -0.2) is 17.4 Å². The van der Waals surface area contributed by atoms with Crippen LogP contribution in [0, 0.1) is 18.8 Å². The molecule has 106 valence electrons. The number of aryl methyl sites for hydroxylation is 1. The van der Waals surface area contributed by atoms with Gasteiger partial charge in [-0.3, -0.25) is 4.79 Å². The van der Waals surface area contributed by atoms with Crippen molar-refractivity contribution in [3.05, 3.63) is 58.4 Å². The third-order valence-electron chi connectivity index (χ3n) is 2.77. The molecule has 1 heterocycles. The predicted molar refractivity (Wildman–Crippen MR) is 84.3 cm³/mol. The van der Waals surface area contributed by atoms with Gasteiger partial charge in [0.15, 0.2) is 0 Å². The first-order valence-electron chi connectivity index (χ1n) is 6.32. The fourth-order valence-corrected chi connectivity index (χ4v) is 1.94. The first-order valence-corrected chi connectivity index (χ1v) is 6.70. The van der Waals surface area contributed by atoms with Crippen LogP contribution in [0.4, 0.5) is 5.69 Å². The summed E-state index contributed by atoms with van der Waals surface area (Å²) in [5.74, 6) is 5.30. The summed E-state index contributed by atoms with van der Waals surface area (Å²) in [6, 6.07) is 8.64. The highest BCUT2D eigenvalue weighted by Gasteiger charge is 2.09. The number of nitrogens with two attached hydrogens (primary N) is 1. The van der Waals surface area contributed by atoms with Gasteiger partial charge in [-0.15, -0.1) is 0 Å². The lowest BCUT2D eigenvalue weighted by Crippen LogP contribution is -2.14. The molecule has 2 rings (SSSR count). The van der Waals surface area contributed by atoms with Crippen molar-refractivity contribution >= 4 is 23.2 Å². The highest BCUT2D eigenvalue weighted by Crippen LogP contribution is 2.20.